The highest BCUT2D eigenvalue weighted by Crippen LogP contribution is 2.35. The van der Waals surface area contributed by atoms with Crippen LogP contribution in [0.2, 0.25) is 0 Å². The minimum atomic E-state index is -0.349. The summed E-state index contributed by atoms with van der Waals surface area (Å²) in [5, 5.41) is 8.74. The highest BCUT2D eigenvalue weighted by Gasteiger charge is 2.42. The maximum Gasteiger partial charge on any atom is 0.324 e. The van der Waals surface area contributed by atoms with Crippen LogP contribution in [0, 0.1) is 5.41 Å². The zero-order chi connectivity index (χ0) is 17.9. The molecular weight excluding hydrogens is 451 g/mol. The molecule has 3 fully saturated rings. The first kappa shape index (κ1) is 20.7. The van der Waals surface area contributed by atoms with Gasteiger partial charge in [-0.2, -0.15) is 0 Å². The third kappa shape index (κ3) is 4.57. The Hall–Kier alpha value is -1.59. The van der Waals surface area contributed by atoms with E-state index in [0.717, 1.165) is 45.0 Å². The topological polar surface area (TPSA) is 106 Å². The molecule has 0 aromatic heterocycles. The van der Waals surface area contributed by atoms with Crippen LogP contribution < -0.4 is 16.0 Å². The molecule has 3 rings (SSSR count). The maximum atomic E-state index is 11.6. The molecule has 1 atom stereocenters. The number of piperidine rings is 1. The van der Waals surface area contributed by atoms with Crippen LogP contribution >= 0.6 is 24.0 Å². The first-order valence-corrected chi connectivity index (χ1v) is 8.91. The lowest BCUT2D eigenvalue weighted by Crippen LogP contribution is -2.51. The summed E-state index contributed by atoms with van der Waals surface area (Å²) in [7, 11) is 0. The first-order valence-electron chi connectivity index (χ1n) is 8.91. The Morgan fingerprint density at radius 1 is 1.31 bits per heavy atom. The molecule has 3 saturated heterocycles. The second kappa shape index (κ2) is 8.87. The Labute approximate surface area is 170 Å². The number of hydrogen-bond acceptors (Lipinski definition) is 4. The lowest BCUT2D eigenvalue weighted by Gasteiger charge is -2.40. The zero-order valence-corrected chi connectivity index (χ0v) is 17.4. The van der Waals surface area contributed by atoms with Gasteiger partial charge in [-0.1, -0.05) is 0 Å². The molecule has 1 spiro atoms. The van der Waals surface area contributed by atoms with Crippen LogP contribution in [0.25, 0.3) is 0 Å². The van der Waals surface area contributed by atoms with E-state index in [-0.39, 0.29) is 60.3 Å². The van der Waals surface area contributed by atoms with Crippen molar-refractivity contribution >= 4 is 47.8 Å². The predicted octanol–water partition coefficient (Wildman–Crippen LogP) is -0.276. The first-order chi connectivity index (χ1) is 12.0. The van der Waals surface area contributed by atoms with E-state index in [1.807, 2.05) is 6.92 Å². The number of halogens is 1. The van der Waals surface area contributed by atoms with Gasteiger partial charge in [0, 0.05) is 38.0 Å². The number of carbonyl (C=O) groups is 3. The molecule has 146 valence electrons. The van der Waals surface area contributed by atoms with Gasteiger partial charge in [0.2, 0.25) is 11.8 Å². The maximum absolute atomic E-state index is 11.6. The number of rotatable bonds is 4. The van der Waals surface area contributed by atoms with Gasteiger partial charge in [0.25, 0.3) is 0 Å². The number of guanidine groups is 1. The number of carbonyl (C=O) groups excluding carboxylic acids is 3. The van der Waals surface area contributed by atoms with Crippen LogP contribution in [-0.4, -0.2) is 79.4 Å². The molecule has 26 heavy (non-hydrogen) atoms. The van der Waals surface area contributed by atoms with Crippen LogP contribution in [-0.2, 0) is 9.59 Å². The van der Waals surface area contributed by atoms with Crippen LogP contribution in [0.4, 0.5) is 4.79 Å². The van der Waals surface area contributed by atoms with Gasteiger partial charge in [0.05, 0.1) is 19.6 Å². The molecule has 0 aromatic carbocycles. The van der Waals surface area contributed by atoms with Gasteiger partial charge in [-0.25, -0.2) is 4.79 Å². The van der Waals surface area contributed by atoms with Gasteiger partial charge < -0.3 is 20.9 Å². The highest BCUT2D eigenvalue weighted by atomic mass is 127. The van der Waals surface area contributed by atoms with Gasteiger partial charge >= 0.3 is 6.03 Å². The van der Waals surface area contributed by atoms with Crippen molar-refractivity contribution < 1.29 is 14.4 Å². The van der Waals surface area contributed by atoms with E-state index in [1.54, 1.807) is 0 Å². The van der Waals surface area contributed by atoms with Crippen molar-refractivity contribution in [1.82, 2.24) is 25.8 Å². The van der Waals surface area contributed by atoms with Gasteiger partial charge in [0.15, 0.2) is 5.96 Å². The third-order valence-electron chi connectivity index (χ3n) is 5.01. The van der Waals surface area contributed by atoms with Crippen LogP contribution in [0.5, 0.6) is 0 Å². The summed E-state index contributed by atoms with van der Waals surface area (Å²) in [5.74, 6) is 0.702. The number of nitrogens with one attached hydrogen (secondary N) is 3. The normalized spacial score (nSPS) is 26.0. The molecule has 3 aliphatic rings. The fraction of sp³-hybridized carbons (Fsp3) is 0.750. The standard InChI is InChI=1S/C16H26N6O3.HI/c1-2-17-14(18-5-7-22-13(24)9-19-15(22)25)21-6-3-4-16(11-21)8-12(23)20-10-16;/h2-11H2,1H3,(H,17,18)(H,19,25)(H,20,23);1H. The molecule has 3 heterocycles. The number of nitrogens with zero attached hydrogens (tertiary/aromatic N) is 3. The minimum Gasteiger partial charge on any atom is -0.357 e. The van der Waals surface area contributed by atoms with Crippen LogP contribution in [0.15, 0.2) is 4.99 Å². The van der Waals surface area contributed by atoms with Crippen molar-refractivity contribution in [1.29, 1.82) is 0 Å². The van der Waals surface area contributed by atoms with E-state index in [0.29, 0.717) is 13.0 Å². The Kier molecular flexibility index (Phi) is 7.07. The average Bonchev–Trinajstić information content (AvgIpc) is 3.10. The largest absolute Gasteiger partial charge is 0.357 e. The van der Waals surface area contributed by atoms with Crippen molar-refractivity contribution in [3.63, 3.8) is 0 Å². The van der Waals surface area contributed by atoms with Gasteiger partial charge in [-0.3, -0.25) is 19.5 Å². The molecule has 0 aliphatic carbocycles. The number of imide groups is 1. The molecule has 4 amide bonds. The predicted molar refractivity (Wildman–Crippen MR) is 107 cm³/mol. The monoisotopic (exact) mass is 478 g/mol. The molecule has 3 aliphatic heterocycles. The molecular formula is C16H27IN6O3. The van der Waals surface area contributed by atoms with E-state index in [4.69, 9.17) is 0 Å². The molecule has 0 bridgehead atoms. The number of likely N-dealkylation sites (tertiary alicyclic amines) is 1. The number of hydrogen-bond donors (Lipinski definition) is 3. The minimum absolute atomic E-state index is 0. The summed E-state index contributed by atoms with van der Waals surface area (Å²) >= 11 is 0. The average molecular weight is 478 g/mol. The summed E-state index contributed by atoms with van der Waals surface area (Å²) in [5.41, 5.74) is -0.00364. The Morgan fingerprint density at radius 3 is 2.73 bits per heavy atom. The summed E-state index contributed by atoms with van der Waals surface area (Å²) in [6, 6.07) is -0.349. The van der Waals surface area contributed by atoms with Gasteiger partial charge in [0.1, 0.15) is 0 Å². The van der Waals surface area contributed by atoms with Crippen molar-refractivity contribution in [2.24, 2.45) is 10.4 Å². The third-order valence-corrected chi connectivity index (χ3v) is 5.01. The highest BCUT2D eigenvalue weighted by molar-refractivity contribution is 14.0. The fourth-order valence-electron chi connectivity index (χ4n) is 3.79. The quantitative estimate of drug-likeness (QED) is 0.223. The molecule has 1 unspecified atom stereocenters. The Balaban J connectivity index is 0.00000243. The Bertz CT molecular complexity index is 583. The van der Waals surface area contributed by atoms with E-state index in [1.165, 1.54) is 4.90 Å². The SMILES string of the molecule is CCNC(=NCCN1C(=O)CNC1=O)N1CCCC2(CNC(=O)C2)C1.I. The molecule has 0 aromatic rings. The molecule has 0 saturated carbocycles. The number of amides is 4. The Morgan fingerprint density at radius 2 is 2.12 bits per heavy atom. The van der Waals surface area contributed by atoms with E-state index >= 15 is 0 Å². The molecule has 0 radical (unpaired) electrons. The summed E-state index contributed by atoms with van der Waals surface area (Å²) in [6.45, 7) is 5.87. The summed E-state index contributed by atoms with van der Waals surface area (Å²) < 4.78 is 0. The van der Waals surface area contributed by atoms with Crippen molar-refractivity contribution in [2.45, 2.75) is 26.2 Å². The van der Waals surface area contributed by atoms with Crippen LogP contribution in [0.1, 0.15) is 26.2 Å². The smallest absolute Gasteiger partial charge is 0.324 e. The molecule has 9 nitrogen and oxygen atoms in total. The van der Waals surface area contributed by atoms with Crippen LogP contribution in [0.3, 0.4) is 0 Å². The lowest BCUT2D eigenvalue weighted by atomic mass is 9.79. The number of urea groups is 1. The van der Waals surface area contributed by atoms with Crippen molar-refractivity contribution in [2.75, 3.05) is 45.8 Å². The molecule has 3 N–H and O–H groups in total. The van der Waals surface area contributed by atoms with Gasteiger partial charge in [-0.15, -0.1) is 24.0 Å². The fourth-order valence-corrected chi connectivity index (χ4v) is 3.79. The van der Waals surface area contributed by atoms with Crippen molar-refractivity contribution in [3.05, 3.63) is 0 Å². The summed E-state index contributed by atoms with van der Waals surface area (Å²) in [4.78, 5) is 42.8. The zero-order valence-electron chi connectivity index (χ0n) is 15.0. The number of aliphatic imine (C=N–C) groups is 1. The van der Waals surface area contributed by atoms with E-state index < -0.39 is 0 Å². The van der Waals surface area contributed by atoms with Gasteiger partial charge in [-0.05, 0) is 19.8 Å². The second-order valence-corrected chi connectivity index (χ2v) is 6.92. The van der Waals surface area contributed by atoms with Crippen molar-refractivity contribution in [3.8, 4) is 0 Å². The lowest BCUT2D eigenvalue weighted by molar-refractivity contribution is -0.125. The molecule has 10 heteroatoms. The van der Waals surface area contributed by atoms with E-state index in [9.17, 15) is 14.4 Å². The summed E-state index contributed by atoms with van der Waals surface area (Å²) in [6.07, 6.45) is 2.64. The van der Waals surface area contributed by atoms with E-state index in [2.05, 4.69) is 25.8 Å². The second-order valence-electron chi connectivity index (χ2n) is 6.92.